The van der Waals surface area contributed by atoms with Crippen LogP contribution < -0.4 is 48.1 Å². The monoisotopic (exact) mass is 771 g/mol. The largest absolute Gasteiger partial charge is 0.491 e. The van der Waals surface area contributed by atoms with Crippen molar-refractivity contribution in [1.29, 1.82) is 0 Å². The first-order valence-electron chi connectivity index (χ1n) is 17.4. The minimum atomic E-state index is -0.618. The number of nitrogens with two attached hydrogens (primary N) is 1. The van der Waals surface area contributed by atoms with E-state index in [-0.39, 0.29) is 34.3 Å². The Labute approximate surface area is 319 Å². The number of H-pyrrole nitrogens is 3. The van der Waals surface area contributed by atoms with Gasteiger partial charge in [-0.1, -0.05) is 25.1 Å². The molecule has 20 heteroatoms. The van der Waals surface area contributed by atoms with Crippen LogP contribution in [0.5, 0.6) is 5.75 Å². The molecule has 5 heterocycles. The summed E-state index contributed by atoms with van der Waals surface area (Å²) in [6.45, 7) is 4.98. The highest BCUT2D eigenvalue weighted by Gasteiger charge is 2.45. The highest BCUT2D eigenvalue weighted by Crippen LogP contribution is 2.43. The van der Waals surface area contributed by atoms with E-state index in [1.165, 1.54) is 7.11 Å². The number of aromatic nitrogens is 9. The molecular weight excluding hydrogens is 738 g/mol. The molecule has 0 bridgehead atoms. The molecule has 0 radical (unpaired) electrons. The molecule has 9 aromatic rings. The smallest absolute Gasteiger partial charge is 0.272 e. The fourth-order valence-electron chi connectivity index (χ4n) is 6.36. The lowest BCUT2D eigenvalue weighted by Crippen LogP contribution is -2.49. The molecule has 1 unspecified atom stereocenters. The maximum Gasteiger partial charge on any atom is 0.272 e. The van der Waals surface area contributed by atoms with Crippen molar-refractivity contribution >= 4 is 67.2 Å². The molecule has 8 N–H and O–H groups in total. The van der Waals surface area contributed by atoms with Gasteiger partial charge in [0.2, 0.25) is 0 Å². The molecule has 1 saturated heterocycles. The van der Waals surface area contributed by atoms with Crippen LogP contribution in [0.2, 0.25) is 0 Å². The molecule has 1 atom stereocenters. The van der Waals surface area contributed by atoms with Gasteiger partial charge in [0.15, 0.2) is 5.75 Å². The predicted molar refractivity (Wildman–Crippen MR) is 211 cm³/mol. The number of nitrogens with one attached hydrogen (secondary N) is 6. The van der Waals surface area contributed by atoms with E-state index >= 15 is 0 Å². The number of nitrogen functional groups attached to an aromatic ring is 1. The van der Waals surface area contributed by atoms with Gasteiger partial charge in [-0.2, -0.15) is 46.2 Å². The van der Waals surface area contributed by atoms with Crippen LogP contribution in [0.4, 0.5) is 34.1 Å². The summed E-state index contributed by atoms with van der Waals surface area (Å²) in [4.78, 5) is 47.3. The van der Waals surface area contributed by atoms with Crippen molar-refractivity contribution in [3.05, 3.63) is 119 Å². The molecular formula is C37H33N13O7. The molecule has 5 aromatic carbocycles. The number of aryl methyl sites for hydroxylation is 1. The zero-order valence-electron chi connectivity index (χ0n) is 30.5. The van der Waals surface area contributed by atoms with E-state index in [1.807, 2.05) is 31.2 Å². The Morgan fingerprint density at radius 1 is 0.684 bits per heavy atom. The summed E-state index contributed by atoms with van der Waals surface area (Å²) in [6, 6.07) is 19.6. The number of rotatable bonds is 9. The fraction of sp³-hybridized carbons (Fsp3) is 0.189. The maximum atomic E-state index is 12.4. The number of methoxy groups -OCH3 is 1. The molecule has 10 rings (SSSR count). The van der Waals surface area contributed by atoms with E-state index in [4.69, 9.17) is 19.6 Å². The molecule has 57 heavy (non-hydrogen) atoms. The molecule has 1 aliphatic rings. The lowest BCUT2D eigenvalue weighted by molar-refractivity contribution is -0.115. The number of anilines is 6. The Morgan fingerprint density at radius 3 is 1.74 bits per heavy atom. The number of para-hydroxylation sites is 3. The minimum absolute atomic E-state index is 0.0421. The second-order valence-electron chi connectivity index (χ2n) is 13.4. The molecule has 0 aliphatic carbocycles. The average Bonchev–Trinajstić information content (AvgIpc) is 4.05. The number of hydrogen-bond donors (Lipinski definition) is 7. The molecule has 20 nitrogen and oxygen atoms in total. The Kier molecular flexibility index (Phi) is 9.21. The number of nitrogens with zero attached hydrogens (tertiary/aromatic N) is 6. The van der Waals surface area contributed by atoms with E-state index in [0.717, 1.165) is 16.8 Å². The van der Waals surface area contributed by atoms with E-state index in [9.17, 15) is 19.2 Å². The SMILES string of the molecule is COc1c(Nc2cccc3n[nH]nc23)c(=O)c1=O.Cc1ccc(C(Nc2c(Nc3cccc4n[nH]nc34)c(=O)c2=O)C2(C)COC2)o1.Nc1cccc2n[nH]nc12. The van der Waals surface area contributed by atoms with E-state index in [2.05, 4.69) is 69.1 Å². The van der Waals surface area contributed by atoms with Crippen molar-refractivity contribution in [3.8, 4) is 5.75 Å². The van der Waals surface area contributed by atoms with Gasteiger partial charge >= 0.3 is 0 Å². The number of ether oxygens (including phenoxy) is 2. The van der Waals surface area contributed by atoms with Gasteiger partial charge in [-0.3, -0.25) is 19.2 Å². The van der Waals surface area contributed by atoms with Crippen LogP contribution in [0.1, 0.15) is 24.5 Å². The van der Waals surface area contributed by atoms with Crippen LogP contribution >= 0.6 is 0 Å². The van der Waals surface area contributed by atoms with Crippen LogP contribution in [0.15, 0.2) is 90.3 Å². The highest BCUT2D eigenvalue weighted by molar-refractivity contribution is 5.92. The molecule has 4 aromatic heterocycles. The second kappa shape index (κ2) is 14.5. The number of aromatic amines is 3. The predicted octanol–water partition coefficient (Wildman–Crippen LogP) is 3.23. The zero-order valence-corrected chi connectivity index (χ0v) is 30.5. The van der Waals surface area contributed by atoms with Crippen molar-refractivity contribution in [2.24, 2.45) is 5.41 Å². The van der Waals surface area contributed by atoms with E-state index in [0.29, 0.717) is 58.1 Å². The van der Waals surface area contributed by atoms with Gasteiger partial charge in [0, 0.05) is 5.41 Å². The van der Waals surface area contributed by atoms with E-state index < -0.39 is 21.7 Å². The molecule has 0 spiro atoms. The zero-order chi connectivity index (χ0) is 39.8. The minimum Gasteiger partial charge on any atom is -0.491 e. The van der Waals surface area contributed by atoms with Crippen molar-refractivity contribution in [1.82, 2.24) is 46.2 Å². The van der Waals surface area contributed by atoms with Gasteiger partial charge in [-0.25, -0.2) is 0 Å². The standard InChI is InChI=1S/C20H19N5O4.C11H8N4O3.C6H6N4/c1-10-6-7-13(29-10)19(20(2)8-28-9-20)22-16-15(17(26)18(16)27)21-11-4-3-5-12-14(11)24-25-23-12;1-18-11-8(9(16)10(11)17)12-5-3-2-4-6-7(5)14-15-13-6;7-4-2-1-3-5-6(4)9-10-8-5/h3-7,19,21-22H,8-9H2,1-2H3,(H,23,24,25);2-4,12H,1H3,(H,13,14,15);1-3H,7H2,(H,8,9,10). The van der Waals surface area contributed by atoms with Crippen LogP contribution in [0, 0.1) is 12.3 Å². The van der Waals surface area contributed by atoms with Gasteiger partial charge in [0.1, 0.15) is 61.7 Å². The van der Waals surface area contributed by atoms with Gasteiger partial charge in [0.05, 0.1) is 43.4 Å². The van der Waals surface area contributed by atoms with Crippen molar-refractivity contribution < 1.29 is 13.9 Å². The first-order chi connectivity index (χ1) is 27.6. The molecule has 0 amide bonds. The third-order valence-corrected chi connectivity index (χ3v) is 9.47. The quantitative estimate of drug-likeness (QED) is 0.0819. The topological polar surface area (TPSA) is 287 Å². The first-order valence-corrected chi connectivity index (χ1v) is 17.4. The number of fused-ring (bicyclic) bond motifs is 3. The molecule has 0 saturated carbocycles. The molecule has 1 aliphatic heterocycles. The summed E-state index contributed by atoms with van der Waals surface area (Å²) in [5.74, 6) is 1.52. The summed E-state index contributed by atoms with van der Waals surface area (Å²) < 4.78 is 16.1. The normalized spacial score (nSPS) is 13.7. The van der Waals surface area contributed by atoms with Gasteiger partial charge < -0.3 is 35.6 Å². The Bertz CT molecular complexity index is 3030. The Morgan fingerprint density at radius 2 is 1.21 bits per heavy atom. The third kappa shape index (κ3) is 6.58. The summed E-state index contributed by atoms with van der Waals surface area (Å²) in [7, 11) is 1.35. The second-order valence-corrected chi connectivity index (χ2v) is 13.4. The average molecular weight is 772 g/mol. The van der Waals surface area contributed by atoms with Crippen LogP contribution in [-0.2, 0) is 4.74 Å². The van der Waals surface area contributed by atoms with Crippen LogP contribution in [0.3, 0.4) is 0 Å². The maximum absolute atomic E-state index is 12.4. The van der Waals surface area contributed by atoms with E-state index in [1.54, 1.807) is 42.5 Å². The third-order valence-electron chi connectivity index (χ3n) is 9.47. The summed E-state index contributed by atoms with van der Waals surface area (Å²) in [5, 5.41) is 40.5. The molecule has 288 valence electrons. The summed E-state index contributed by atoms with van der Waals surface area (Å²) >= 11 is 0. The van der Waals surface area contributed by atoms with Crippen molar-refractivity contribution in [2.45, 2.75) is 19.9 Å². The fourth-order valence-corrected chi connectivity index (χ4v) is 6.36. The summed E-state index contributed by atoms with van der Waals surface area (Å²) in [6.07, 6.45) is 0. The van der Waals surface area contributed by atoms with Crippen molar-refractivity contribution in [3.63, 3.8) is 0 Å². The number of benzene rings is 3. The summed E-state index contributed by atoms with van der Waals surface area (Å²) in [5.41, 5.74) is 9.47. The molecule has 1 fully saturated rings. The van der Waals surface area contributed by atoms with Gasteiger partial charge in [-0.05, 0) is 55.5 Å². The Balaban J connectivity index is 0.000000137. The Hall–Kier alpha value is -7.74. The van der Waals surface area contributed by atoms with Gasteiger partial charge in [-0.15, -0.1) is 0 Å². The van der Waals surface area contributed by atoms with Gasteiger partial charge in [0.25, 0.3) is 21.7 Å². The highest BCUT2D eigenvalue weighted by atomic mass is 16.5. The van der Waals surface area contributed by atoms with Crippen LogP contribution in [-0.4, -0.2) is 66.6 Å². The number of furan rings is 1. The lowest BCUT2D eigenvalue weighted by Gasteiger charge is -2.44. The van der Waals surface area contributed by atoms with Crippen LogP contribution in [0.25, 0.3) is 33.1 Å². The number of hydrogen-bond acceptors (Lipinski definition) is 17. The first kappa shape index (κ1) is 36.2. The lowest BCUT2D eigenvalue weighted by atomic mass is 9.79. The van der Waals surface area contributed by atoms with Crippen molar-refractivity contribution in [2.75, 3.05) is 42.0 Å².